The van der Waals surface area contributed by atoms with Crippen molar-refractivity contribution >= 4 is 16.7 Å². The van der Waals surface area contributed by atoms with Gasteiger partial charge in [0.25, 0.3) is 0 Å². The maximum atomic E-state index is 12.4. The quantitative estimate of drug-likeness (QED) is 0.739. The predicted octanol–water partition coefficient (Wildman–Crippen LogP) is 3.03. The third kappa shape index (κ3) is 2.13. The summed E-state index contributed by atoms with van der Waals surface area (Å²) in [6.45, 7) is 1.98. The summed E-state index contributed by atoms with van der Waals surface area (Å²) >= 11 is 0. The molecular weight excluding hydrogens is 250 g/mol. The number of hydrogen-bond acceptors (Lipinski definition) is 2. The van der Waals surface area contributed by atoms with Gasteiger partial charge in [0.2, 0.25) is 0 Å². The molecule has 0 atom stereocenters. The van der Waals surface area contributed by atoms with Crippen LogP contribution in [-0.4, -0.2) is 20.3 Å². The maximum absolute atomic E-state index is 12.4. The average molecular weight is 267 g/mol. The molecule has 0 radical (unpaired) electrons. The number of aromatic amines is 1. The van der Waals surface area contributed by atoms with Gasteiger partial charge in [0, 0.05) is 30.1 Å². The van der Waals surface area contributed by atoms with Crippen LogP contribution in [0.3, 0.4) is 0 Å². The summed E-state index contributed by atoms with van der Waals surface area (Å²) < 4.78 is 1.97. The van der Waals surface area contributed by atoms with Gasteiger partial charge in [-0.1, -0.05) is 18.2 Å². The Morgan fingerprint density at radius 2 is 2.15 bits per heavy atom. The van der Waals surface area contributed by atoms with Gasteiger partial charge in [-0.05, 0) is 25.5 Å². The lowest BCUT2D eigenvalue weighted by molar-refractivity contribution is 0.0975. The number of para-hydroxylation sites is 1. The highest BCUT2D eigenvalue weighted by Gasteiger charge is 2.14. The van der Waals surface area contributed by atoms with E-state index in [0.717, 1.165) is 28.0 Å². The number of rotatable bonds is 4. The molecule has 0 spiro atoms. The topological polar surface area (TPSA) is 50.7 Å². The van der Waals surface area contributed by atoms with Crippen molar-refractivity contribution in [1.82, 2.24) is 14.5 Å². The average Bonchev–Trinajstić information content (AvgIpc) is 3.01. The molecule has 102 valence electrons. The Balaban J connectivity index is 1.82. The fraction of sp³-hybridized carbons (Fsp3) is 0.250. The molecule has 0 aliphatic rings. The zero-order valence-electron chi connectivity index (χ0n) is 11.7. The van der Waals surface area contributed by atoms with E-state index in [1.54, 1.807) is 6.33 Å². The number of imidazole rings is 1. The number of nitrogens with zero attached hydrogens (tertiary/aromatic N) is 2. The Morgan fingerprint density at radius 3 is 2.85 bits per heavy atom. The second kappa shape index (κ2) is 4.96. The number of H-pyrrole nitrogens is 1. The van der Waals surface area contributed by atoms with E-state index in [2.05, 4.69) is 9.97 Å². The minimum Gasteiger partial charge on any atom is -0.348 e. The Kier molecular flexibility index (Phi) is 3.14. The molecule has 3 aromatic rings. The second-order valence-electron chi connectivity index (χ2n) is 5.04. The van der Waals surface area contributed by atoms with Crippen molar-refractivity contribution < 1.29 is 4.79 Å². The van der Waals surface area contributed by atoms with Gasteiger partial charge in [-0.3, -0.25) is 4.79 Å². The molecule has 4 heteroatoms. The van der Waals surface area contributed by atoms with Gasteiger partial charge in [0.1, 0.15) is 0 Å². The molecule has 0 saturated heterocycles. The molecule has 0 fully saturated rings. The van der Waals surface area contributed by atoms with E-state index in [1.165, 1.54) is 0 Å². The zero-order chi connectivity index (χ0) is 14.1. The lowest BCUT2D eigenvalue weighted by Gasteiger charge is -2.03. The zero-order valence-corrected chi connectivity index (χ0v) is 11.7. The van der Waals surface area contributed by atoms with Gasteiger partial charge in [-0.15, -0.1) is 0 Å². The fourth-order valence-electron chi connectivity index (χ4n) is 2.56. The van der Waals surface area contributed by atoms with E-state index in [4.69, 9.17) is 0 Å². The molecule has 3 rings (SSSR count). The molecule has 2 aromatic heterocycles. The Labute approximate surface area is 117 Å². The number of aryl methyl sites for hydroxylation is 3. The fourth-order valence-corrected chi connectivity index (χ4v) is 2.56. The van der Waals surface area contributed by atoms with Crippen LogP contribution in [0.25, 0.3) is 10.9 Å². The van der Waals surface area contributed by atoms with E-state index in [9.17, 15) is 4.79 Å². The molecular formula is C16H17N3O. The Bertz CT molecular complexity index is 767. The summed E-state index contributed by atoms with van der Waals surface area (Å²) in [6, 6.07) is 10.0. The van der Waals surface area contributed by atoms with E-state index < -0.39 is 0 Å². The second-order valence-corrected chi connectivity index (χ2v) is 5.04. The lowest BCUT2D eigenvalue weighted by atomic mass is 10.1. The van der Waals surface area contributed by atoms with Gasteiger partial charge in [-0.25, -0.2) is 4.98 Å². The first-order valence-corrected chi connectivity index (χ1v) is 6.73. The van der Waals surface area contributed by atoms with Crippen LogP contribution in [0, 0.1) is 6.92 Å². The van der Waals surface area contributed by atoms with Crippen molar-refractivity contribution in [1.29, 1.82) is 0 Å². The van der Waals surface area contributed by atoms with Crippen LogP contribution in [0.1, 0.15) is 28.3 Å². The third-order valence-electron chi connectivity index (χ3n) is 3.76. The van der Waals surface area contributed by atoms with Crippen molar-refractivity contribution in [2.75, 3.05) is 0 Å². The maximum Gasteiger partial charge on any atom is 0.179 e. The van der Waals surface area contributed by atoms with Gasteiger partial charge < -0.3 is 9.55 Å². The Morgan fingerprint density at radius 1 is 1.35 bits per heavy atom. The number of aromatic nitrogens is 3. The first-order valence-electron chi connectivity index (χ1n) is 6.73. The van der Waals surface area contributed by atoms with E-state index in [0.29, 0.717) is 12.8 Å². The number of nitrogens with one attached hydrogen (secondary N) is 1. The predicted molar refractivity (Wildman–Crippen MR) is 78.9 cm³/mol. The van der Waals surface area contributed by atoms with E-state index >= 15 is 0 Å². The van der Waals surface area contributed by atoms with Crippen molar-refractivity contribution in [2.24, 2.45) is 7.05 Å². The van der Waals surface area contributed by atoms with Crippen LogP contribution in [0.15, 0.2) is 36.7 Å². The Hall–Kier alpha value is -2.36. The number of Topliss-reactive ketones (excluding diaryl/α,β-unsaturated/α-hetero) is 1. The highest BCUT2D eigenvalue weighted by molar-refractivity contribution is 6.00. The largest absolute Gasteiger partial charge is 0.348 e. The van der Waals surface area contributed by atoms with Gasteiger partial charge in [0.15, 0.2) is 5.78 Å². The van der Waals surface area contributed by atoms with Crippen LogP contribution in [-0.2, 0) is 13.5 Å². The highest BCUT2D eigenvalue weighted by Crippen LogP contribution is 2.20. The first kappa shape index (κ1) is 12.7. The van der Waals surface area contributed by atoms with Gasteiger partial charge >= 0.3 is 0 Å². The molecule has 0 bridgehead atoms. The van der Waals surface area contributed by atoms with E-state index in [1.807, 2.05) is 48.9 Å². The number of fused-ring (bicyclic) bond motifs is 1. The van der Waals surface area contributed by atoms with Crippen molar-refractivity contribution in [3.8, 4) is 0 Å². The third-order valence-corrected chi connectivity index (χ3v) is 3.76. The van der Waals surface area contributed by atoms with Gasteiger partial charge in [0.05, 0.1) is 17.7 Å². The lowest BCUT2D eigenvalue weighted by Crippen LogP contribution is -2.07. The van der Waals surface area contributed by atoms with Crippen molar-refractivity contribution in [3.05, 3.63) is 53.7 Å². The number of hydrogen-bond donors (Lipinski definition) is 1. The number of carbonyl (C=O) groups excluding carboxylic acids is 1. The minimum absolute atomic E-state index is 0.158. The smallest absolute Gasteiger partial charge is 0.179 e. The summed E-state index contributed by atoms with van der Waals surface area (Å²) in [5.74, 6) is 0.158. The summed E-state index contributed by atoms with van der Waals surface area (Å²) in [5, 5.41) is 1.11. The standard InChI is InChI=1S/C16H17N3O/c1-11-13(18-10-17-11)7-8-16(20)15-9-12-5-3-4-6-14(12)19(15)2/h3-6,9-10H,7-8H2,1-2H3,(H,17,18). The molecule has 1 N–H and O–H groups in total. The monoisotopic (exact) mass is 267 g/mol. The SMILES string of the molecule is Cc1[nH]cnc1CCC(=O)c1cc2ccccc2n1C. The van der Waals surface area contributed by atoms with Gasteiger partial charge in [-0.2, -0.15) is 0 Å². The van der Waals surface area contributed by atoms with Crippen LogP contribution in [0.4, 0.5) is 0 Å². The highest BCUT2D eigenvalue weighted by atomic mass is 16.1. The van der Waals surface area contributed by atoms with Crippen LogP contribution < -0.4 is 0 Å². The molecule has 0 saturated carbocycles. The number of carbonyl (C=O) groups is 1. The normalized spacial score (nSPS) is 11.1. The molecule has 20 heavy (non-hydrogen) atoms. The molecule has 0 unspecified atom stereocenters. The summed E-state index contributed by atoms with van der Waals surface area (Å²) in [5.41, 5.74) is 3.86. The minimum atomic E-state index is 0.158. The van der Waals surface area contributed by atoms with Crippen molar-refractivity contribution in [2.45, 2.75) is 19.8 Å². The molecule has 0 amide bonds. The molecule has 1 aromatic carbocycles. The first-order chi connectivity index (χ1) is 9.66. The number of ketones is 1. The summed E-state index contributed by atoms with van der Waals surface area (Å²) in [6.07, 6.45) is 2.83. The van der Waals surface area contributed by atoms with Crippen LogP contribution in [0.5, 0.6) is 0 Å². The summed E-state index contributed by atoms with van der Waals surface area (Å²) in [7, 11) is 1.94. The molecule has 2 heterocycles. The number of benzene rings is 1. The van der Waals surface area contributed by atoms with Crippen molar-refractivity contribution in [3.63, 3.8) is 0 Å². The summed E-state index contributed by atoms with van der Waals surface area (Å²) in [4.78, 5) is 19.7. The molecule has 0 aliphatic carbocycles. The van der Waals surface area contributed by atoms with E-state index in [-0.39, 0.29) is 5.78 Å². The van der Waals surface area contributed by atoms with Crippen LogP contribution in [0.2, 0.25) is 0 Å². The molecule has 4 nitrogen and oxygen atoms in total. The molecule has 0 aliphatic heterocycles. The van der Waals surface area contributed by atoms with Crippen LogP contribution >= 0.6 is 0 Å².